The van der Waals surface area contributed by atoms with Gasteiger partial charge in [0.15, 0.2) is 5.65 Å². The molecule has 1 aromatic carbocycles. The van der Waals surface area contributed by atoms with Gasteiger partial charge in [-0.05, 0) is 12.1 Å². The van der Waals surface area contributed by atoms with Crippen LogP contribution >= 0.6 is 0 Å². The van der Waals surface area contributed by atoms with E-state index in [1.165, 1.54) is 12.0 Å². The number of nitrogens with zero attached hydrogens (tertiary/aromatic N) is 5. The van der Waals surface area contributed by atoms with Crippen molar-refractivity contribution < 1.29 is 14.3 Å². The summed E-state index contributed by atoms with van der Waals surface area (Å²) in [5.74, 6) is 0.868. The molecule has 10 heteroatoms. The highest BCUT2D eigenvalue weighted by molar-refractivity contribution is 5.95. The number of amidine groups is 1. The molecule has 0 atom stereocenters. The van der Waals surface area contributed by atoms with Crippen LogP contribution in [0.2, 0.25) is 0 Å². The lowest BCUT2D eigenvalue weighted by Crippen LogP contribution is -2.52. The van der Waals surface area contributed by atoms with Crippen LogP contribution in [0, 0.1) is 5.41 Å². The predicted octanol–water partition coefficient (Wildman–Crippen LogP) is 0.741. The van der Waals surface area contributed by atoms with Gasteiger partial charge in [-0.2, -0.15) is 0 Å². The lowest BCUT2D eigenvalue weighted by molar-refractivity contribution is -0.147. The summed E-state index contributed by atoms with van der Waals surface area (Å²) in [6.45, 7) is 1.10. The molecule has 160 valence electrons. The number of hydrogen-bond donors (Lipinski definition) is 2. The van der Waals surface area contributed by atoms with Crippen molar-refractivity contribution >= 4 is 34.7 Å². The summed E-state index contributed by atoms with van der Waals surface area (Å²) in [6, 6.07) is 11.1. The Hall–Kier alpha value is -3.95. The average molecular weight is 421 g/mol. The smallest absolute Gasteiger partial charge is 0.325 e. The van der Waals surface area contributed by atoms with Crippen molar-refractivity contribution in [3.05, 3.63) is 42.0 Å². The monoisotopic (exact) mass is 421 g/mol. The molecular weight excluding hydrogens is 398 g/mol. The number of anilines is 1. The molecule has 0 unspecified atom stereocenters. The van der Waals surface area contributed by atoms with E-state index in [1.807, 2.05) is 40.8 Å². The summed E-state index contributed by atoms with van der Waals surface area (Å²) in [5, 5.41) is 7.52. The average Bonchev–Trinajstić information content (AvgIpc) is 3.11. The summed E-state index contributed by atoms with van der Waals surface area (Å²) in [7, 11) is 3.20. The number of piperazine rings is 1. The summed E-state index contributed by atoms with van der Waals surface area (Å²) in [4.78, 5) is 36.7. The number of ether oxygens (including phenoxy) is 1. The number of aryl methyl sites for hydroxylation is 1. The second-order valence-electron chi connectivity index (χ2n) is 7.31. The summed E-state index contributed by atoms with van der Waals surface area (Å²) >= 11 is 0. The molecule has 1 amide bonds. The first kappa shape index (κ1) is 20.3. The highest BCUT2D eigenvalue weighted by Gasteiger charge is 2.27. The van der Waals surface area contributed by atoms with Crippen LogP contribution in [0.3, 0.4) is 0 Å². The number of carbonyl (C=O) groups excluding carboxylic acids is 2. The molecule has 1 fully saturated rings. The number of hydrogen-bond acceptors (Lipinski definition) is 7. The minimum atomic E-state index is -0.430. The fourth-order valence-electron chi connectivity index (χ4n) is 3.58. The van der Waals surface area contributed by atoms with Crippen molar-refractivity contribution in [2.24, 2.45) is 12.8 Å². The first-order valence-electron chi connectivity index (χ1n) is 9.75. The van der Waals surface area contributed by atoms with Crippen LogP contribution in [0.15, 0.2) is 36.4 Å². The molecular formula is C21H23N7O3. The van der Waals surface area contributed by atoms with Gasteiger partial charge in [0.25, 0.3) is 0 Å². The van der Waals surface area contributed by atoms with Crippen molar-refractivity contribution in [1.82, 2.24) is 19.4 Å². The van der Waals surface area contributed by atoms with Crippen LogP contribution in [0.5, 0.6) is 0 Å². The largest absolute Gasteiger partial charge is 0.468 e. The molecule has 1 aliphatic rings. The molecule has 0 aliphatic carbocycles. The topological polar surface area (TPSA) is 130 Å². The second kappa shape index (κ2) is 8.05. The third-order valence-corrected chi connectivity index (χ3v) is 5.35. The molecule has 2 aromatic heterocycles. The molecule has 1 aliphatic heterocycles. The number of benzene rings is 1. The second-order valence-corrected chi connectivity index (χ2v) is 7.31. The normalized spacial score (nSPS) is 14.2. The first-order chi connectivity index (χ1) is 14.9. The lowest BCUT2D eigenvalue weighted by Gasteiger charge is -2.34. The van der Waals surface area contributed by atoms with E-state index in [2.05, 4.69) is 9.72 Å². The molecule has 0 saturated carbocycles. The van der Waals surface area contributed by atoms with Gasteiger partial charge in [0.2, 0.25) is 5.91 Å². The zero-order chi connectivity index (χ0) is 22.1. The third kappa shape index (κ3) is 3.91. The van der Waals surface area contributed by atoms with E-state index in [0.29, 0.717) is 30.1 Å². The number of esters is 1. The number of nitrogens with two attached hydrogens (primary N) is 1. The van der Waals surface area contributed by atoms with Gasteiger partial charge in [-0.25, -0.2) is 9.97 Å². The first-order valence-corrected chi connectivity index (χ1v) is 9.75. The number of pyridine rings is 1. The van der Waals surface area contributed by atoms with E-state index < -0.39 is 5.97 Å². The zero-order valence-electron chi connectivity index (χ0n) is 17.3. The van der Waals surface area contributed by atoms with Crippen molar-refractivity contribution in [2.75, 3.05) is 38.2 Å². The van der Waals surface area contributed by atoms with Crippen LogP contribution in [0.25, 0.3) is 22.6 Å². The molecule has 31 heavy (non-hydrogen) atoms. The van der Waals surface area contributed by atoms with Crippen LogP contribution in [-0.2, 0) is 21.4 Å². The van der Waals surface area contributed by atoms with E-state index in [9.17, 15) is 9.59 Å². The highest BCUT2D eigenvalue weighted by Crippen LogP contribution is 2.25. The van der Waals surface area contributed by atoms with Crippen molar-refractivity contribution in [2.45, 2.75) is 0 Å². The zero-order valence-corrected chi connectivity index (χ0v) is 17.3. The fourth-order valence-corrected chi connectivity index (χ4v) is 3.58. The number of aromatic nitrogens is 3. The Bertz CT molecular complexity index is 1170. The number of carbonyl (C=O) groups is 2. The predicted molar refractivity (Wildman–Crippen MR) is 116 cm³/mol. The molecule has 0 spiro atoms. The van der Waals surface area contributed by atoms with Gasteiger partial charge >= 0.3 is 5.97 Å². The van der Waals surface area contributed by atoms with E-state index in [1.54, 1.807) is 12.1 Å². The maximum absolute atomic E-state index is 12.4. The highest BCUT2D eigenvalue weighted by atomic mass is 16.5. The van der Waals surface area contributed by atoms with E-state index in [-0.39, 0.29) is 24.8 Å². The molecule has 1 saturated heterocycles. The Labute approximate surface area is 178 Å². The number of nitrogens with one attached hydrogen (secondary N) is 1. The van der Waals surface area contributed by atoms with Crippen molar-refractivity contribution in [1.29, 1.82) is 5.41 Å². The Morgan fingerprint density at radius 3 is 2.55 bits per heavy atom. The van der Waals surface area contributed by atoms with Crippen LogP contribution in [-0.4, -0.2) is 70.4 Å². The number of rotatable bonds is 5. The van der Waals surface area contributed by atoms with Gasteiger partial charge in [-0.3, -0.25) is 15.0 Å². The number of nitrogen functional groups attached to an aromatic ring is 1. The fraction of sp³-hybridized carbons (Fsp3) is 0.286. The van der Waals surface area contributed by atoms with Crippen molar-refractivity contribution in [3.8, 4) is 11.4 Å². The molecule has 0 bridgehead atoms. The molecule has 3 aromatic rings. The van der Waals surface area contributed by atoms with Gasteiger partial charge in [0.05, 0.1) is 13.7 Å². The van der Waals surface area contributed by atoms with Crippen molar-refractivity contribution in [3.63, 3.8) is 0 Å². The van der Waals surface area contributed by atoms with Gasteiger partial charge < -0.3 is 24.8 Å². The van der Waals surface area contributed by atoms with E-state index >= 15 is 0 Å². The number of amides is 1. The maximum Gasteiger partial charge on any atom is 0.325 e. The standard InChI is InChI=1S/C21H23N7O3/c1-26-20(14-5-3-13(4-6-14)19(22)23)24-15-7-8-16(25-21(15)26)27-9-10-28(17(29)11-27)12-18(30)31-2/h3-8H,9-12H2,1-2H3,(H3,22,23). The summed E-state index contributed by atoms with van der Waals surface area (Å²) in [6.07, 6.45) is 0. The summed E-state index contributed by atoms with van der Waals surface area (Å²) in [5.41, 5.74) is 8.51. The molecule has 3 N–H and O–H groups in total. The number of fused-ring (bicyclic) bond motifs is 1. The lowest BCUT2D eigenvalue weighted by atomic mass is 10.1. The Morgan fingerprint density at radius 1 is 1.16 bits per heavy atom. The van der Waals surface area contributed by atoms with Crippen LogP contribution in [0.4, 0.5) is 5.82 Å². The minimum Gasteiger partial charge on any atom is -0.468 e. The van der Waals surface area contributed by atoms with Gasteiger partial charge in [-0.15, -0.1) is 0 Å². The molecule has 4 rings (SSSR count). The maximum atomic E-state index is 12.4. The van der Waals surface area contributed by atoms with Crippen LogP contribution < -0.4 is 10.6 Å². The van der Waals surface area contributed by atoms with Gasteiger partial charge in [0, 0.05) is 31.3 Å². The number of methoxy groups -OCH3 is 1. The quantitative estimate of drug-likeness (QED) is 0.353. The third-order valence-electron chi connectivity index (χ3n) is 5.35. The molecule has 10 nitrogen and oxygen atoms in total. The molecule has 3 heterocycles. The van der Waals surface area contributed by atoms with E-state index in [4.69, 9.17) is 16.1 Å². The number of imidazole rings is 1. The van der Waals surface area contributed by atoms with Gasteiger partial charge in [0.1, 0.15) is 29.5 Å². The Morgan fingerprint density at radius 2 is 1.90 bits per heavy atom. The Balaban J connectivity index is 1.58. The SMILES string of the molecule is COC(=O)CN1CCN(c2ccc3nc(-c4ccc(C(=N)N)cc4)n(C)c3n2)CC1=O. The van der Waals surface area contributed by atoms with E-state index in [0.717, 1.165) is 16.9 Å². The summed E-state index contributed by atoms with van der Waals surface area (Å²) < 4.78 is 6.55. The Kier molecular flexibility index (Phi) is 5.28. The van der Waals surface area contributed by atoms with Gasteiger partial charge in [-0.1, -0.05) is 24.3 Å². The molecule has 0 radical (unpaired) electrons. The minimum absolute atomic E-state index is 0.0177. The van der Waals surface area contributed by atoms with Crippen LogP contribution in [0.1, 0.15) is 5.56 Å².